The molecule has 158 valence electrons. The molecule has 1 aliphatic heterocycles. The van der Waals surface area contributed by atoms with Crippen molar-refractivity contribution in [2.75, 3.05) is 18.4 Å². The third kappa shape index (κ3) is 4.82. The highest BCUT2D eigenvalue weighted by Gasteiger charge is 2.26. The minimum atomic E-state index is -0.366. The zero-order valence-electron chi connectivity index (χ0n) is 16.9. The molecule has 0 unspecified atom stereocenters. The van der Waals surface area contributed by atoms with Crippen molar-refractivity contribution in [3.05, 3.63) is 65.9 Å². The van der Waals surface area contributed by atoms with Gasteiger partial charge in [0.2, 0.25) is 11.8 Å². The predicted molar refractivity (Wildman–Crippen MR) is 113 cm³/mol. The SMILES string of the molecule is CC(=O)NCC(=O)N1CCc2nc(-c3ccncc3)nc(Nc3cccc(F)c3)c2C1. The average Bonchev–Trinajstić information content (AvgIpc) is 2.77. The number of nitrogens with one attached hydrogen (secondary N) is 2. The molecule has 0 radical (unpaired) electrons. The molecule has 2 aromatic heterocycles. The molecule has 3 heterocycles. The maximum atomic E-state index is 13.7. The number of benzene rings is 1. The van der Waals surface area contributed by atoms with E-state index in [1.807, 2.05) is 12.1 Å². The molecule has 0 saturated carbocycles. The van der Waals surface area contributed by atoms with Gasteiger partial charge in [0.1, 0.15) is 11.6 Å². The lowest BCUT2D eigenvalue weighted by atomic mass is 10.0. The molecule has 4 rings (SSSR count). The normalized spacial score (nSPS) is 12.8. The average molecular weight is 420 g/mol. The summed E-state index contributed by atoms with van der Waals surface area (Å²) in [5, 5.41) is 5.71. The van der Waals surface area contributed by atoms with E-state index >= 15 is 0 Å². The van der Waals surface area contributed by atoms with Gasteiger partial charge in [-0.2, -0.15) is 0 Å². The van der Waals surface area contributed by atoms with Crippen LogP contribution in [0.1, 0.15) is 18.2 Å². The van der Waals surface area contributed by atoms with Gasteiger partial charge in [0.05, 0.1) is 18.8 Å². The first-order chi connectivity index (χ1) is 15.0. The first-order valence-electron chi connectivity index (χ1n) is 9.84. The maximum Gasteiger partial charge on any atom is 0.242 e. The number of anilines is 2. The second-order valence-electron chi connectivity index (χ2n) is 7.17. The molecule has 0 fully saturated rings. The molecule has 9 heteroatoms. The lowest BCUT2D eigenvalue weighted by Gasteiger charge is -2.30. The monoisotopic (exact) mass is 420 g/mol. The zero-order valence-corrected chi connectivity index (χ0v) is 16.9. The number of rotatable bonds is 5. The molecule has 31 heavy (non-hydrogen) atoms. The van der Waals surface area contributed by atoms with Crippen molar-refractivity contribution in [1.82, 2.24) is 25.2 Å². The molecule has 0 bridgehead atoms. The number of carbonyl (C=O) groups excluding carboxylic acids is 2. The van der Waals surface area contributed by atoms with Crippen LogP contribution in [0.15, 0.2) is 48.8 Å². The van der Waals surface area contributed by atoms with Crippen LogP contribution < -0.4 is 10.6 Å². The third-order valence-corrected chi connectivity index (χ3v) is 4.93. The molecule has 0 atom stereocenters. The Morgan fingerprint density at radius 1 is 1.16 bits per heavy atom. The van der Waals surface area contributed by atoms with Crippen LogP contribution in [0.25, 0.3) is 11.4 Å². The van der Waals surface area contributed by atoms with Crippen molar-refractivity contribution in [3.8, 4) is 11.4 Å². The van der Waals surface area contributed by atoms with E-state index in [9.17, 15) is 14.0 Å². The standard InChI is InChI=1S/C22H21FN6O2/c1-14(30)25-12-20(31)29-10-7-19-18(13-29)22(26-17-4-2-3-16(23)11-17)28-21(27-19)15-5-8-24-9-6-15/h2-6,8-9,11H,7,10,12-13H2,1H3,(H,25,30)(H,26,27,28). The second-order valence-corrected chi connectivity index (χ2v) is 7.17. The lowest BCUT2D eigenvalue weighted by molar-refractivity contribution is -0.133. The van der Waals surface area contributed by atoms with E-state index in [-0.39, 0.29) is 24.2 Å². The Bertz CT molecular complexity index is 1120. The molecular formula is C22H21FN6O2. The van der Waals surface area contributed by atoms with Gasteiger partial charge >= 0.3 is 0 Å². The molecule has 3 aromatic rings. The molecule has 1 aromatic carbocycles. The highest BCUT2D eigenvalue weighted by molar-refractivity contribution is 5.84. The minimum Gasteiger partial charge on any atom is -0.347 e. The molecule has 2 N–H and O–H groups in total. The Morgan fingerprint density at radius 3 is 2.71 bits per heavy atom. The number of halogens is 1. The fourth-order valence-corrected chi connectivity index (χ4v) is 3.38. The van der Waals surface area contributed by atoms with Crippen LogP contribution in [0.4, 0.5) is 15.9 Å². The number of amides is 2. The van der Waals surface area contributed by atoms with Gasteiger partial charge in [-0.25, -0.2) is 14.4 Å². The summed E-state index contributed by atoms with van der Waals surface area (Å²) >= 11 is 0. The topological polar surface area (TPSA) is 100 Å². The molecule has 0 spiro atoms. The van der Waals surface area contributed by atoms with Crippen molar-refractivity contribution in [2.24, 2.45) is 0 Å². The first-order valence-corrected chi connectivity index (χ1v) is 9.84. The van der Waals surface area contributed by atoms with Crippen molar-refractivity contribution in [2.45, 2.75) is 19.9 Å². The molecule has 8 nitrogen and oxygen atoms in total. The van der Waals surface area contributed by atoms with Crippen LogP contribution in [0.3, 0.4) is 0 Å². The molecule has 0 aliphatic carbocycles. The van der Waals surface area contributed by atoms with Crippen LogP contribution >= 0.6 is 0 Å². The number of carbonyl (C=O) groups is 2. The Labute approximate surface area is 178 Å². The van der Waals surface area contributed by atoms with E-state index < -0.39 is 0 Å². The molecule has 2 amide bonds. The second kappa shape index (κ2) is 8.86. The summed E-state index contributed by atoms with van der Waals surface area (Å²) in [5.41, 5.74) is 2.95. The van der Waals surface area contributed by atoms with E-state index in [2.05, 4.69) is 20.6 Å². The number of fused-ring (bicyclic) bond motifs is 1. The Balaban J connectivity index is 1.69. The van der Waals surface area contributed by atoms with Gasteiger partial charge in [0.25, 0.3) is 0 Å². The summed E-state index contributed by atoms with van der Waals surface area (Å²) in [6.45, 7) is 2.08. The fraction of sp³-hybridized carbons (Fsp3) is 0.227. The Morgan fingerprint density at radius 2 is 1.97 bits per heavy atom. The summed E-state index contributed by atoms with van der Waals surface area (Å²) in [6, 6.07) is 9.73. The van der Waals surface area contributed by atoms with E-state index in [1.54, 1.807) is 29.4 Å². The largest absolute Gasteiger partial charge is 0.347 e. The molecular weight excluding hydrogens is 399 g/mol. The smallest absolute Gasteiger partial charge is 0.242 e. The number of pyridine rings is 1. The number of hydrogen-bond acceptors (Lipinski definition) is 6. The summed E-state index contributed by atoms with van der Waals surface area (Å²) in [6.07, 6.45) is 3.88. The van der Waals surface area contributed by atoms with Gasteiger partial charge < -0.3 is 15.5 Å². The molecule has 0 saturated heterocycles. The van der Waals surface area contributed by atoms with Crippen molar-refractivity contribution in [1.29, 1.82) is 0 Å². The van der Waals surface area contributed by atoms with Crippen LogP contribution in [0, 0.1) is 5.82 Å². The molecule has 1 aliphatic rings. The van der Waals surface area contributed by atoms with Crippen LogP contribution in [-0.2, 0) is 22.6 Å². The third-order valence-electron chi connectivity index (χ3n) is 4.93. The van der Waals surface area contributed by atoms with E-state index in [1.165, 1.54) is 19.1 Å². The highest BCUT2D eigenvalue weighted by atomic mass is 19.1. The van der Waals surface area contributed by atoms with Gasteiger partial charge in [-0.3, -0.25) is 14.6 Å². The van der Waals surface area contributed by atoms with Gasteiger partial charge in [0, 0.05) is 49.1 Å². The lowest BCUT2D eigenvalue weighted by Crippen LogP contribution is -2.42. The Kier molecular flexibility index (Phi) is 5.83. The fourth-order valence-electron chi connectivity index (χ4n) is 3.38. The maximum absolute atomic E-state index is 13.7. The van der Waals surface area contributed by atoms with E-state index in [0.29, 0.717) is 36.8 Å². The summed E-state index contributed by atoms with van der Waals surface area (Å²) in [7, 11) is 0. The van der Waals surface area contributed by atoms with Gasteiger partial charge in [-0.05, 0) is 30.3 Å². The summed E-state index contributed by atoms with van der Waals surface area (Å²) < 4.78 is 13.7. The van der Waals surface area contributed by atoms with Crippen LogP contribution in [0.5, 0.6) is 0 Å². The number of nitrogens with zero attached hydrogens (tertiary/aromatic N) is 4. The van der Waals surface area contributed by atoms with Crippen molar-refractivity contribution < 1.29 is 14.0 Å². The quantitative estimate of drug-likeness (QED) is 0.658. The van der Waals surface area contributed by atoms with Gasteiger partial charge in [-0.1, -0.05) is 6.07 Å². The Hall–Kier alpha value is -3.88. The van der Waals surface area contributed by atoms with E-state index in [4.69, 9.17) is 4.98 Å². The minimum absolute atomic E-state index is 0.0622. The summed E-state index contributed by atoms with van der Waals surface area (Å²) in [4.78, 5) is 38.7. The van der Waals surface area contributed by atoms with Crippen LogP contribution in [0.2, 0.25) is 0 Å². The van der Waals surface area contributed by atoms with Crippen molar-refractivity contribution in [3.63, 3.8) is 0 Å². The summed E-state index contributed by atoms with van der Waals surface area (Å²) in [5.74, 6) is 0.229. The van der Waals surface area contributed by atoms with Crippen molar-refractivity contribution >= 4 is 23.3 Å². The number of hydrogen-bond donors (Lipinski definition) is 2. The zero-order chi connectivity index (χ0) is 21.8. The number of aromatic nitrogens is 3. The van der Waals surface area contributed by atoms with Crippen LogP contribution in [-0.4, -0.2) is 44.8 Å². The van der Waals surface area contributed by atoms with E-state index in [0.717, 1.165) is 16.8 Å². The highest BCUT2D eigenvalue weighted by Crippen LogP contribution is 2.29. The predicted octanol–water partition coefficient (Wildman–Crippen LogP) is 2.44. The first kappa shape index (κ1) is 20.4. The van der Waals surface area contributed by atoms with Gasteiger partial charge in [-0.15, -0.1) is 0 Å². The van der Waals surface area contributed by atoms with Gasteiger partial charge in [0.15, 0.2) is 5.82 Å².